The summed E-state index contributed by atoms with van der Waals surface area (Å²) in [7, 11) is 0. The first-order valence-corrected chi connectivity index (χ1v) is 7.11. The molecule has 0 fully saturated rings. The molecule has 0 aliphatic rings. The molecule has 0 amide bonds. The molecule has 1 aromatic heterocycles. The molecule has 0 aliphatic heterocycles. The predicted octanol–water partition coefficient (Wildman–Crippen LogP) is 1.05. The van der Waals surface area contributed by atoms with Crippen molar-refractivity contribution in [1.29, 1.82) is 0 Å². The van der Waals surface area contributed by atoms with Crippen LogP contribution in [0.5, 0.6) is 0 Å². The number of hydrogen-bond acceptors (Lipinski definition) is 7. The summed E-state index contributed by atoms with van der Waals surface area (Å²) in [5, 5.41) is 3.29. The third-order valence-corrected chi connectivity index (χ3v) is 2.98. The highest BCUT2D eigenvalue weighted by molar-refractivity contribution is 5.46. The van der Waals surface area contributed by atoms with Crippen LogP contribution in [0.25, 0.3) is 0 Å². The van der Waals surface area contributed by atoms with Gasteiger partial charge in [-0.2, -0.15) is 0 Å². The molecule has 7 nitrogen and oxygen atoms in total. The summed E-state index contributed by atoms with van der Waals surface area (Å²) in [4.78, 5) is 11.0. The second-order valence-electron chi connectivity index (χ2n) is 4.29. The zero-order valence-corrected chi connectivity index (χ0v) is 12.6. The number of ether oxygens (including phenoxy) is 1. The molecule has 0 aliphatic carbocycles. The summed E-state index contributed by atoms with van der Waals surface area (Å²) < 4.78 is 5.32. The summed E-state index contributed by atoms with van der Waals surface area (Å²) in [5.74, 6) is 7.38. The first-order valence-electron chi connectivity index (χ1n) is 7.11. The number of nitrogen functional groups attached to an aromatic ring is 1. The lowest BCUT2D eigenvalue weighted by molar-refractivity contribution is 0.128. The number of nitrogens with two attached hydrogens (primary N) is 1. The first-order chi connectivity index (χ1) is 9.73. The summed E-state index contributed by atoms with van der Waals surface area (Å²) in [6, 6.07) is 1.79. The first kappa shape index (κ1) is 16.6. The number of nitrogens with one attached hydrogen (secondary N) is 2. The summed E-state index contributed by atoms with van der Waals surface area (Å²) in [6.07, 6.45) is 0. The Balaban J connectivity index is 2.59. The van der Waals surface area contributed by atoms with Gasteiger partial charge in [0.05, 0.1) is 0 Å². The lowest BCUT2D eigenvalue weighted by Crippen LogP contribution is -2.28. The maximum atomic E-state index is 5.42. The minimum atomic E-state index is 0.386. The van der Waals surface area contributed by atoms with Gasteiger partial charge in [0.15, 0.2) is 5.82 Å². The van der Waals surface area contributed by atoms with Crippen molar-refractivity contribution in [3.05, 3.63) is 11.9 Å². The average Bonchev–Trinajstić information content (AvgIpc) is 2.49. The minimum absolute atomic E-state index is 0.386. The van der Waals surface area contributed by atoms with Gasteiger partial charge >= 0.3 is 0 Å². The van der Waals surface area contributed by atoms with Gasteiger partial charge in [0.25, 0.3) is 0 Å². The van der Waals surface area contributed by atoms with Crippen LogP contribution in [0.15, 0.2) is 6.07 Å². The Morgan fingerprint density at radius 2 is 1.90 bits per heavy atom. The highest BCUT2D eigenvalue weighted by atomic mass is 16.5. The number of hydrazine groups is 1. The van der Waals surface area contributed by atoms with Gasteiger partial charge in [0.2, 0.25) is 0 Å². The minimum Gasteiger partial charge on any atom is -0.374 e. The average molecular weight is 282 g/mol. The Kier molecular flexibility index (Phi) is 7.86. The number of likely N-dealkylation sites (N-methyl/N-ethyl adjacent to an activating group) is 1. The zero-order valence-electron chi connectivity index (χ0n) is 12.6. The van der Waals surface area contributed by atoms with Gasteiger partial charge in [-0.05, 0) is 20.0 Å². The smallest absolute Gasteiger partial charge is 0.158 e. The van der Waals surface area contributed by atoms with Crippen molar-refractivity contribution in [2.24, 2.45) is 5.84 Å². The third-order valence-electron chi connectivity index (χ3n) is 2.98. The Morgan fingerprint density at radius 3 is 2.50 bits per heavy atom. The number of nitrogens with zero attached hydrogens (tertiary/aromatic N) is 3. The molecular weight excluding hydrogens is 256 g/mol. The second kappa shape index (κ2) is 9.46. The highest BCUT2D eigenvalue weighted by Crippen LogP contribution is 2.10. The second-order valence-corrected chi connectivity index (χ2v) is 4.29. The van der Waals surface area contributed by atoms with Crippen LogP contribution < -0.4 is 16.6 Å². The van der Waals surface area contributed by atoms with E-state index in [0.717, 1.165) is 32.0 Å². The topological polar surface area (TPSA) is 88.3 Å². The molecule has 20 heavy (non-hydrogen) atoms. The molecule has 0 saturated carbocycles. The molecule has 0 aromatic carbocycles. The quantitative estimate of drug-likeness (QED) is 0.436. The molecule has 7 heteroatoms. The van der Waals surface area contributed by atoms with Crippen molar-refractivity contribution in [3.8, 4) is 0 Å². The maximum absolute atomic E-state index is 5.42. The van der Waals surface area contributed by atoms with Crippen molar-refractivity contribution in [2.45, 2.75) is 27.4 Å². The van der Waals surface area contributed by atoms with Gasteiger partial charge in [-0.15, -0.1) is 0 Å². The molecule has 0 saturated heterocycles. The van der Waals surface area contributed by atoms with Crippen LogP contribution in [-0.4, -0.2) is 47.7 Å². The van der Waals surface area contributed by atoms with E-state index in [2.05, 4.69) is 39.5 Å². The van der Waals surface area contributed by atoms with Crippen LogP contribution in [-0.2, 0) is 11.3 Å². The molecular formula is C13H26N6O. The molecule has 4 N–H and O–H groups in total. The van der Waals surface area contributed by atoms with E-state index in [1.807, 2.05) is 6.92 Å². The Bertz CT molecular complexity index is 383. The van der Waals surface area contributed by atoms with Crippen LogP contribution in [0.3, 0.4) is 0 Å². The maximum Gasteiger partial charge on any atom is 0.158 e. The lowest BCUT2D eigenvalue weighted by Gasteiger charge is -2.18. The van der Waals surface area contributed by atoms with Crippen LogP contribution in [0, 0.1) is 0 Å². The zero-order chi connectivity index (χ0) is 14.8. The normalized spacial score (nSPS) is 10.8. The van der Waals surface area contributed by atoms with Gasteiger partial charge in [-0.1, -0.05) is 13.8 Å². The van der Waals surface area contributed by atoms with E-state index in [-0.39, 0.29) is 0 Å². The van der Waals surface area contributed by atoms with E-state index >= 15 is 0 Å². The molecule has 0 unspecified atom stereocenters. The fourth-order valence-corrected chi connectivity index (χ4v) is 1.80. The van der Waals surface area contributed by atoms with Crippen LogP contribution >= 0.6 is 0 Å². The molecule has 0 bridgehead atoms. The molecule has 0 spiro atoms. The highest BCUT2D eigenvalue weighted by Gasteiger charge is 2.05. The van der Waals surface area contributed by atoms with Crippen molar-refractivity contribution in [1.82, 2.24) is 14.9 Å². The molecule has 1 heterocycles. The summed E-state index contributed by atoms with van der Waals surface area (Å²) >= 11 is 0. The fourth-order valence-electron chi connectivity index (χ4n) is 1.80. The molecule has 1 aromatic rings. The van der Waals surface area contributed by atoms with Gasteiger partial charge in [0.1, 0.15) is 18.2 Å². The van der Waals surface area contributed by atoms with Crippen LogP contribution in [0.4, 0.5) is 11.6 Å². The molecule has 0 atom stereocenters. The van der Waals surface area contributed by atoms with E-state index < -0.39 is 0 Å². The van der Waals surface area contributed by atoms with Crippen molar-refractivity contribution < 1.29 is 4.74 Å². The van der Waals surface area contributed by atoms with Gasteiger partial charge < -0.3 is 20.4 Å². The summed E-state index contributed by atoms with van der Waals surface area (Å²) in [5.41, 5.74) is 2.55. The van der Waals surface area contributed by atoms with Crippen LogP contribution in [0.1, 0.15) is 26.6 Å². The lowest BCUT2D eigenvalue weighted by atomic mass is 10.4. The number of anilines is 2. The van der Waals surface area contributed by atoms with Crippen molar-refractivity contribution in [2.75, 3.05) is 43.5 Å². The predicted molar refractivity (Wildman–Crippen MR) is 81.4 cm³/mol. The molecule has 1 rings (SSSR count). The number of hydrogen-bond donors (Lipinski definition) is 3. The SMILES string of the molecule is CCOCc1nc(NN)cc(NCCN(CC)CC)n1. The largest absolute Gasteiger partial charge is 0.374 e. The third kappa shape index (κ3) is 5.68. The Hall–Kier alpha value is -1.44. The fraction of sp³-hybridized carbons (Fsp3) is 0.692. The van der Waals surface area contributed by atoms with E-state index in [0.29, 0.717) is 24.9 Å². The number of rotatable bonds is 10. The van der Waals surface area contributed by atoms with E-state index in [1.165, 1.54) is 0 Å². The van der Waals surface area contributed by atoms with Gasteiger partial charge in [-0.3, -0.25) is 0 Å². The van der Waals surface area contributed by atoms with E-state index in [4.69, 9.17) is 10.6 Å². The summed E-state index contributed by atoms with van der Waals surface area (Å²) in [6.45, 7) is 11.2. The van der Waals surface area contributed by atoms with Crippen molar-refractivity contribution in [3.63, 3.8) is 0 Å². The van der Waals surface area contributed by atoms with Gasteiger partial charge in [0, 0.05) is 25.8 Å². The standard InChI is InChI=1S/C13H26N6O/c1-4-19(5-2)8-7-15-11-9-12(18-14)17-13(16-11)10-20-6-3/h9H,4-8,10,14H2,1-3H3,(H2,15,16,17,18). The molecule has 0 radical (unpaired) electrons. The van der Waals surface area contributed by atoms with Crippen molar-refractivity contribution >= 4 is 11.6 Å². The monoisotopic (exact) mass is 282 g/mol. The van der Waals surface area contributed by atoms with E-state index in [1.54, 1.807) is 6.07 Å². The van der Waals surface area contributed by atoms with Crippen LogP contribution in [0.2, 0.25) is 0 Å². The Labute approximate surface area is 120 Å². The van der Waals surface area contributed by atoms with E-state index in [9.17, 15) is 0 Å². The number of aromatic nitrogens is 2. The Morgan fingerprint density at radius 1 is 1.20 bits per heavy atom. The van der Waals surface area contributed by atoms with Gasteiger partial charge in [-0.25, -0.2) is 15.8 Å². The molecule has 114 valence electrons.